The number of Topliss-reactive ketones (excluding diaryl/α,β-unsaturated/α-hetero) is 1. The van der Waals surface area contributed by atoms with Crippen LogP contribution in [-0.2, 0) is 21.4 Å². The number of carbonyl (C=O) groups excluding carboxylic acids is 1. The molecule has 2 bridgehead atoms. The summed E-state index contributed by atoms with van der Waals surface area (Å²) >= 11 is 0. The molecule has 4 rings (SSSR count). The number of likely N-dealkylation sites (N-methyl/N-ethyl adjacent to an activating group) is 1. The Balaban J connectivity index is 1.92. The fourth-order valence-electron chi connectivity index (χ4n) is 4.88. The number of hydrogen-bond acceptors (Lipinski definition) is 4. The third-order valence-electron chi connectivity index (χ3n) is 6.11. The lowest BCUT2D eigenvalue weighted by molar-refractivity contribution is -0.122. The summed E-state index contributed by atoms with van der Waals surface area (Å²) in [5, 5.41) is 0. The number of allylic oxidation sites excluding steroid dienone is 1. The molecule has 1 fully saturated rings. The summed E-state index contributed by atoms with van der Waals surface area (Å²) in [6.07, 6.45) is 4.66. The second-order valence-electron chi connectivity index (χ2n) is 7.04. The fourth-order valence-corrected chi connectivity index (χ4v) is 4.88. The summed E-state index contributed by atoms with van der Waals surface area (Å²) in [6, 6.07) is 6.80. The lowest BCUT2D eigenvalue weighted by atomic mass is 9.53. The molecule has 0 N–H and O–H groups in total. The van der Waals surface area contributed by atoms with Gasteiger partial charge < -0.3 is 14.4 Å². The number of likely N-dealkylation sites (tertiary alicyclic amines) is 1. The summed E-state index contributed by atoms with van der Waals surface area (Å²) in [5.74, 6) is 1.87. The zero-order valence-electron chi connectivity index (χ0n) is 14.0. The van der Waals surface area contributed by atoms with Crippen LogP contribution in [0.3, 0.4) is 0 Å². The Bertz CT molecular complexity index is 696. The SMILES string of the molecule is COC1=CC2C3Cc4ccc(OC)cc4C2(CCN3C)CC1=O. The summed E-state index contributed by atoms with van der Waals surface area (Å²) < 4.78 is 10.8. The van der Waals surface area contributed by atoms with Gasteiger partial charge in [0.05, 0.1) is 14.2 Å². The minimum Gasteiger partial charge on any atom is -0.497 e. The lowest BCUT2D eigenvalue weighted by Crippen LogP contribution is -2.60. The molecule has 1 aromatic carbocycles. The van der Waals surface area contributed by atoms with Crippen LogP contribution in [0.4, 0.5) is 0 Å². The smallest absolute Gasteiger partial charge is 0.197 e. The molecule has 4 nitrogen and oxygen atoms in total. The third kappa shape index (κ3) is 1.97. The average Bonchev–Trinajstić information content (AvgIpc) is 2.57. The van der Waals surface area contributed by atoms with Crippen LogP contribution in [0, 0.1) is 5.92 Å². The van der Waals surface area contributed by atoms with Crippen LogP contribution in [0.1, 0.15) is 24.0 Å². The average molecular weight is 313 g/mol. The second kappa shape index (κ2) is 5.10. The summed E-state index contributed by atoms with van der Waals surface area (Å²) in [7, 11) is 5.49. The van der Waals surface area contributed by atoms with Crippen molar-refractivity contribution in [3.05, 3.63) is 41.2 Å². The van der Waals surface area contributed by atoms with E-state index in [4.69, 9.17) is 9.47 Å². The number of methoxy groups -OCH3 is 2. The first-order chi connectivity index (χ1) is 11.1. The third-order valence-corrected chi connectivity index (χ3v) is 6.11. The van der Waals surface area contributed by atoms with E-state index in [2.05, 4.69) is 30.2 Å². The Kier molecular flexibility index (Phi) is 3.27. The predicted molar refractivity (Wildman–Crippen MR) is 87.6 cm³/mol. The van der Waals surface area contributed by atoms with Crippen molar-refractivity contribution in [2.45, 2.75) is 30.7 Å². The predicted octanol–water partition coefficient (Wildman–Crippen LogP) is 2.31. The fraction of sp³-hybridized carbons (Fsp3) is 0.526. The van der Waals surface area contributed by atoms with E-state index >= 15 is 0 Å². The lowest BCUT2D eigenvalue weighted by Gasteiger charge is -2.56. The number of nitrogens with zero attached hydrogens (tertiary/aromatic N) is 1. The van der Waals surface area contributed by atoms with Gasteiger partial charge in [0.25, 0.3) is 0 Å². The quantitative estimate of drug-likeness (QED) is 0.840. The van der Waals surface area contributed by atoms with Crippen LogP contribution >= 0.6 is 0 Å². The molecule has 122 valence electrons. The molecular weight excluding hydrogens is 290 g/mol. The standard InChI is InChI=1S/C19H23NO3/c1-20-7-6-19-11-17(21)18(23-3)10-15(19)16(20)8-12-4-5-13(22-2)9-14(12)19/h4-5,9-10,15-16H,6-8,11H2,1-3H3. The van der Waals surface area contributed by atoms with E-state index in [-0.39, 0.29) is 11.2 Å². The molecule has 1 aromatic rings. The Morgan fingerprint density at radius 1 is 1.26 bits per heavy atom. The number of benzene rings is 1. The van der Waals surface area contributed by atoms with Crippen molar-refractivity contribution in [1.82, 2.24) is 4.90 Å². The molecule has 0 saturated carbocycles. The number of fused-ring (bicyclic) bond motifs is 1. The normalized spacial score (nSPS) is 32.7. The minimum absolute atomic E-state index is 0.0988. The molecule has 3 aliphatic rings. The molecular formula is C19H23NO3. The van der Waals surface area contributed by atoms with Gasteiger partial charge in [-0.05, 0) is 55.8 Å². The molecule has 3 atom stereocenters. The van der Waals surface area contributed by atoms with Crippen LogP contribution in [0.15, 0.2) is 30.0 Å². The summed E-state index contributed by atoms with van der Waals surface area (Å²) in [6.45, 7) is 1.03. The molecule has 3 unspecified atom stereocenters. The Hall–Kier alpha value is -1.81. The Morgan fingerprint density at radius 2 is 2.09 bits per heavy atom. The second-order valence-corrected chi connectivity index (χ2v) is 7.04. The summed E-state index contributed by atoms with van der Waals surface area (Å²) in [5.41, 5.74) is 2.57. The van der Waals surface area contributed by atoms with E-state index in [0.29, 0.717) is 24.1 Å². The zero-order valence-corrected chi connectivity index (χ0v) is 14.0. The van der Waals surface area contributed by atoms with Crippen LogP contribution in [0.25, 0.3) is 0 Å². The van der Waals surface area contributed by atoms with Crippen molar-refractivity contribution in [3.63, 3.8) is 0 Å². The molecule has 1 heterocycles. The molecule has 1 saturated heterocycles. The summed E-state index contributed by atoms with van der Waals surface area (Å²) in [4.78, 5) is 15.0. The molecule has 4 heteroatoms. The van der Waals surface area contributed by atoms with E-state index in [1.807, 2.05) is 6.07 Å². The monoisotopic (exact) mass is 313 g/mol. The molecule has 0 aromatic heterocycles. The highest BCUT2D eigenvalue weighted by Crippen LogP contribution is 2.54. The van der Waals surface area contributed by atoms with Gasteiger partial charge in [0.15, 0.2) is 11.5 Å². The first kappa shape index (κ1) is 14.8. The van der Waals surface area contributed by atoms with Crippen molar-refractivity contribution in [1.29, 1.82) is 0 Å². The van der Waals surface area contributed by atoms with Gasteiger partial charge in [0.2, 0.25) is 0 Å². The topological polar surface area (TPSA) is 38.8 Å². The number of piperidine rings is 1. The number of ether oxygens (including phenoxy) is 2. The van der Waals surface area contributed by atoms with E-state index in [1.54, 1.807) is 14.2 Å². The Morgan fingerprint density at radius 3 is 2.83 bits per heavy atom. The molecule has 0 amide bonds. The van der Waals surface area contributed by atoms with E-state index in [0.717, 1.165) is 25.1 Å². The van der Waals surface area contributed by atoms with Gasteiger partial charge in [-0.2, -0.15) is 0 Å². The maximum Gasteiger partial charge on any atom is 0.197 e. The van der Waals surface area contributed by atoms with Crippen LogP contribution in [0.2, 0.25) is 0 Å². The minimum atomic E-state index is -0.0988. The molecule has 23 heavy (non-hydrogen) atoms. The number of carbonyl (C=O) groups is 1. The highest BCUT2D eigenvalue weighted by atomic mass is 16.5. The maximum absolute atomic E-state index is 12.6. The van der Waals surface area contributed by atoms with Gasteiger partial charge in [-0.25, -0.2) is 0 Å². The van der Waals surface area contributed by atoms with Gasteiger partial charge in [-0.1, -0.05) is 6.07 Å². The first-order valence-electron chi connectivity index (χ1n) is 8.26. The van der Waals surface area contributed by atoms with Crippen LogP contribution in [-0.4, -0.2) is 44.5 Å². The highest BCUT2D eigenvalue weighted by Gasteiger charge is 2.55. The van der Waals surface area contributed by atoms with E-state index in [9.17, 15) is 4.79 Å². The Labute approximate surface area is 137 Å². The van der Waals surface area contributed by atoms with Gasteiger partial charge >= 0.3 is 0 Å². The van der Waals surface area contributed by atoms with Gasteiger partial charge in [0, 0.05) is 23.8 Å². The largest absolute Gasteiger partial charge is 0.497 e. The van der Waals surface area contributed by atoms with Crippen LogP contribution in [0.5, 0.6) is 5.75 Å². The maximum atomic E-state index is 12.6. The zero-order chi connectivity index (χ0) is 16.2. The molecule has 0 spiro atoms. The molecule has 0 radical (unpaired) electrons. The van der Waals surface area contributed by atoms with Crippen molar-refractivity contribution in [2.24, 2.45) is 5.92 Å². The van der Waals surface area contributed by atoms with Crippen molar-refractivity contribution < 1.29 is 14.3 Å². The molecule has 2 aliphatic carbocycles. The van der Waals surface area contributed by atoms with Gasteiger partial charge in [-0.15, -0.1) is 0 Å². The number of ketones is 1. The van der Waals surface area contributed by atoms with Gasteiger partial charge in [0.1, 0.15) is 5.75 Å². The number of hydrogen-bond donors (Lipinski definition) is 0. The van der Waals surface area contributed by atoms with E-state index in [1.165, 1.54) is 11.1 Å². The molecule has 1 aliphatic heterocycles. The van der Waals surface area contributed by atoms with E-state index < -0.39 is 0 Å². The highest BCUT2D eigenvalue weighted by molar-refractivity contribution is 5.96. The van der Waals surface area contributed by atoms with Gasteiger partial charge in [-0.3, -0.25) is 4.79 Å². The van der Waals surface area contributed by atoms with Crippen molar-refractivity contribution >= 4 is 5.78 Å². The number of rotatable bonds is 2. The van der Waals surface area contributed by atoms with Crippen LogP contribution < -0.4 is 4.74 Å². The first-order valence-corrected chi connectivity index (χ1v) is 8.26. The van der Waals surface area contributed by atoms with Crippen molar-refractivity contribution in [3.8, 4) is 5.75 Å². The van der Waals surface area contributed by atoms with Crippen molar-refractivity contribution in [2.75, 3.05) is 27.8 Å².